The van der Waals surface area contributed by atoms with E-state index in [1.54, 1.807) is 0 Å². The van der Waals surface area contributed by atoms with E-state index < -0.39 is 10.4 Å². The van der Waals surface area contributed by atoms with Gasteiger partial charge in [-0.25, -0.2) is 4.18 Å². The van der Waals surface area contributed by atoms with Crippen molar-refractivity contribution in [2.45, 2.75) is 39.0 Å². The van der Waals surface area contributed by atoms with E-state index in [0.717, 1.165) is 25.7 Å². The monoisotopic (exact) mass is 196 g/mol. The lowest BCUT2D eigenvalue weighted by Gasteiger charge is -1.99. The number of unbranched alkanes of at least 4 members (excludes halogenated alkanes) is 4. The van der Waals surface area contributed by atoms with Crippen molar-refractivity contribution in [1.29, 1.82) is 0 Å². The summed E-state index contributed by atoms with van der Waals surface area (Å²) in [5, 5.41) is 0. The zero-order valence-electron chi connectivity index (χ0n) is 7.32. The van der Waals surface area contributed by atoms with Crippen LogP contribution in [0.4, 0.5) is 0 Å². The van der Waals surface area contributed by atoms with E-state index in [1.807, 2.05) is 0 Å². The van der Waals surface area contributed by atoms with Crippen LogP contribution in [-0.2, 0) is 14.6 Å². The van der Waals surface area contributed by atoms with Crippen LogP contribution in [0.5, 0.6) is 0 Å². The molecule has 0 fully saturated rings. The third-order valence-electron chi connectivity index (χ3n) is 1.48. The molecule has 0 aliphatic rings. The highest BCUT2D eigenvalue weighted by molar-refractivity contribution is 7.80. The Morgan fingerprint density at radius 2 is 1.75 bits per heavy atom. The molecule has 0 aliphatic heterocycles. The molecule has 0 aromatic carbocycles. The van der Waals surface area contributed by atoms with Crippen LogP contribution in [0.1, 0.15) is 39.0 Å². The first-order valence-corrected chi connectivity index (χ1v) is 5.54. The predicted octanol–water partition coefficient (Wildman–Crippen LogP) is 1.78. The zero-order chi connectivity index (χ0) is 9.45. The number of rotatable bonds is 7. The second-order valence-corrected chi connectivity index (χ2v) is 3.76. The van der Waals surface area contributed by atoms with Crippen LogP contribution < -0.4 is 0 Å². The first kappa shape index (κ1) is 11.9. The third kappa shape index (κ3) is 9.87. The number of hydrogen-bond acceptors (Lipinski definition) is 3. The Labute approximate surface area is 73.9 Å². The molecular weight excluding hydrogens is 180 g/mol. The van der Waals surface area contributed by atoms with Crippen molar-refractivity contribution in [2.24, 2.45) is 0 Å². The van der Waals surface area contributed by atoms with Gasteiger partial charge in [-0.2, -0.15) is 8.42 Å². The maximum absolute atomic E-state index is 10.1. The van der Waals surface area contributed by atoms with Gasteiger partial charge in [0, 0.05) is 0 Å². The van der Waals surface area contributed by atoms with Gasteiger partial charge in [0.25, 0.3) is 0 Å². The lowest BCUT2D eigenvalue weighted by Crippen LogP contribution is -2.04. The van der Waals surface area contributed by atoms with E-state index >= 15 is 0 Å². The summed E-state index contributed by atoms with van der Waals surface area (Å²) in [6.45, 7) is 2.19. The fraction of sp³-hybridized carbons (Fsp3) is 1.00. The Morgan fingerprint density at radius 3 is 2.25 bits per heavy atom. The fourth-order valence-corrected chi connectivity index (χ4v) is 1.20. The van der Waals surface area contributed by atoms with Crippen LogP contribution in [-0.4, -0.2) is 19.6 Å². The van der Waals surface area contributed by atoms with Crippen molar-refractivity contribution in [2.75, 3.05) is 6.61 Å². The molecule has 1 N–H and O–H groups in total. The fourth-order valence-electron chi connectivity index (χ4n) is 0.870. The molecule has 0 amide bonds. The van der Waals surface area contributed by atoms with E-state index in [1.165, 1.54) is 0 Å². The molecule has 0 saturated heterocycles. The molecule has 0 rings (SSSR count). The lowest BCUT2D eigenvalue weighted by molar-refractivity contribution is 0.261. The molecule has 0 spiro atoms. The minimum atomic E-state index is -4.22. The van der Waals surface area contributed by atoms with Gasteiger partial charge in [-0.15, -0.1) is 0 Å². The van der Waals surface area contributed by atoms with E-state index in [9.17, 15) is 8.42 Å². The van der Waals surface area contributed by atoms with Crippen molar-refractivity contribution in [3.05, 3.63) is 0 Å². The minimum absolute atomic E-state index is 0.0859. The van der Waals surface area contributed by atoms with Crippen LogP contribution in [0.15, 0.2) is 0 Å². The van der Waals surface area contributed by atoms with Gasteiger partial charge in [0.15, 0.2) is 0 Å². The highest BCUT2D eigenvalue weighted by Gasteiger charge is 2.02. The summed E-state index contributed by atoms with van der Waals surface area (Å²) in [6, 6.07) is 0. The quantitative estimate of drug-likeness (QED) is 0.498. The highest BCUT2D eigenvalue weighted by Crippen LogP contribution is 2.02. The SMILES string of the molecule is CCCCCCCOS(=O)(=O)O. The van der Waals surface area contributed by atoms with Gasteiger partial charge in [-0.1, -0.05) is 32.6 Å². The largest absolute Gasteiger partial charge is 0.397 e. The first-order valence-electron chi connectivity index (χ1n) is 4.18. The molecule has 74 valence electrons. The van der Waals surface area contributed by atoms with Crippen molar-refractivity contribution >= 4 is 10.4 Å². The molecule has 0 aliphatic carbocycles. The average Bonchev–Trinajstić information content (AvgIpc) is 1.94. The molecule has 12 heavy (non-hydrogen) atoms. The molecule has 0 aromatic heterocycles. The maximum Gasteiger partial charge on any atom is 0.397 e. The topological polar surface area (TPSA) is 63.6 Å². The summed E-state index contributed by atoms with van der Waals surface area (Å²) in [7, 11) is -4.22. The normalized spacial score (nSPS) is 11.8. The van der Waals surface area contributed by atoms with Gasteiger partial charge in [0.2, 0.25) is 0 Å². The van der Waals surface area contributed by atoms with Crippen molar-refractivity contribution in [1.82, 2.24) is 0 Å². The van der Waals surface area contributed by atoms with Gasteiger partial charge in [-0.05, 0) is 6.42 Å². The molecule has 0 atom stereocenters. The van der Waals surface area contributed by atoms with Crippen LogP contribution >= 0.6 is 0 Å². The van der Waals surface area contributed by atoms with Crippen LogP contribution in [0, 0.1) is 0 Å². The van der Waals surface area contributed by atoms with Gasteiger partial charge in [-0.3, -0.25) is 4.55 Å². The van der Waals surface area contributed by atoms with E-state index in [2.05, 4.69) is 11.1 Å². The van der Waals surface area contributed by atoms with Gasteiger partial charge < -0.3 is 0 Å². The molecule has 0 heterocycles. The summed E-state index contributed by atoms with van der Waals surface area (Å²) in [5.41, 5.74) is 0. The molecule has 0 saturated carbocycles. The maximum atomic E-state index is 10.1. The van der Waals surface area contributed by atoms with E-state index in [0.29, 0.717) is 6.42 Å². The third-order valence-corrected chi connectivity index (χ3v) is 1.94. The molecule has 5 heteroatoms. The Kier molecular flexibility index (Phi) is 6.32. The summed E-state index contributed by atoms with van der Waals surface area (Å²) in [6.07, 6.45) is 5.03. The Balaban J connectivity index is 3.12. The van der Waals surface area contributed by atoms with Gasteiger partial charge in [0.05, 0.1) is 6.61 Å². The molecule has 0 unspecified atom stereocenters. The Morgan fingerprint density at radius 1 is 1.17 bits per heavy atom. The van der Waals surface area contributed by atoms with Crippen LogP contribution in [0.2, 0.25) is 0 Å². The Hall–Kier alpha value is -0.130. The second kappa shape index (κ2) is 6.39. The van der Waals surface area contributed by atoms with Crippen LogP contribution in [0.3, 0.4) is 0 Å². The smallest absolute Gasteiger partial charge is 0.264 e. The molecular formula is C7H16O4S. The summed E-state index contributed by atoms with van der Waals surface area (Å²) >= 11 is 0. The molecule has 4 nitrogen and oxygen atoms in total. The van der Waals surface area contributed by atoms with Crippen molar-refractivity contribution < 1.29 is 17.2 Å². The van der Waals surface area contributed by atoms with E-state index in [4.69, 9.17) is 4.55 Å². The molecule has 0 bridgehead atoms. The van der Waals surface area contributed by atoms with Gasteiger partial charge >= 0.3 is 10.4 Å². The standard InChI is InChI=1S/C7H16O4S/c1-2-3-4-5-6-7-11-12(8,9)10/h2-7H2,1H3,(H,8,9,10). The summed E-state index contributed by atoms with van der Waals surface area (Å²) in [5.74, 6) is 0. The molecule has 0 aromatic rings. The lowest BCUT2D eigenvalue weighted by atomic mass is 10.2. The Bertz CT molecular complexity index is 186. The minimum Gasteiger partial charge on any atom is -0.264 e. The first-order chi connectivity index (χ1) is 5.56. The summed E-state index contributed by atoms with van der Waals surface area (Å²) in [4.78, 5) is 0. The van der Waals surface area contributed by atoms with Gasteiger partial charge in [0.1, 0.15) is 0 Å². The number of hydrogen-bond donors (Lipinski definition) is 1. The predicted molar refractivity (Wildman–Crippen MR) is 46.3 cm³/mol. The highest BCUT2D eigenvalue weighted by atomic mass is 32.3. The summed E-state index contributed by atoms with van der Waals surface area (Å²) < 4.78 is 32.4. The van der Waals surface area contributed by atoms with Crippen molar-refractivity contribution in [3.63, 3.8) is 0 Å². The molecule has 0 radical (unpaired) electrons. The van der Waals surface area contributed by atoms with E-state index in [-0.39, 0.29) is 6.61 Å². The zero-order valence-corrected chi connectivity index (χ0v) is 8.14. The second-order valence-electron chi connectivity index (χ2n) is 2.66. The average molecular weight is 196 g/mol. The van der Waals surface area contributed by atoms with Crippen LogP contribution in [0.25, 0.3) is 0 Å². The van der Waals surface area contributed by atoms with Crippen molar-refractivity contribution in [3.8, 4) is 0 Å².